The molecule has 0 aliphatic heterocycles. The summed E-state index contributed by atoms with van der Waals surface area (Å²) in [4.78, 5) is 4.50. The monoisotopic (exact) mass is 244 g/mol. The van der Waals surface area contributed by atoms with Gasteiger partial charge in [0.2, 0.25) is 0 Å². The Bertz CT molecular complexity index is 144. The topological polar surface area (TPSA) is 15.7 Å². The molecule has 3 nitrogen and oxygen atoms in total. The molecule has 3 heteroatoms. The van der Waals surface area contributed by atoms with Gasteiger partial charge in [0.1, 0.15) is 0 Å². The SMILES string of the molecule is COC(CCCCN(C)C)CCCCN(C)C. The van der Waals surface area contributed by atoms with E-state index in [1.165, 1.54) is 51.6 Å². The molecule has 0 bridgehead atoms. The van der Waals surface area contributed by atoms with E-state index in [1.807, 2.05) is 7.11 Å². The molecule has 17 heavy (non-hydrogen) atoms. The van der Waals surface area contributed by atoms with Crippen LogP contribution in [0.5, 0.6) is 0 Å². The maximum Gasteiger partial charge on any atom is 0.0571 e. The van der Waals surface area contributed by atoms with Crippen molar-refractivity contribution in [1.29, 1.82) is 0 Å². The molecule has 0 heterocycles. The Kier molecular flexibility index (Phi) is 10.9. The third kappa shape index (κ3) is 12.1. The summed E-state index contributed by atoms with van der Waals surface area (Å²) in [5.41, 5.74) is 0. The van der Waals surface area contributed by atoms with Crippen molar-refractivity contribution in [2.45, 2.75) is 44.6 Å². The van der Waals surface area contributed by atoms with Crippen molar-refractivity contribution in [3.05, 3.63) is 0 Å². The molecular weight excluding hydrogens is 212 g/mol. The van der Waals surface area contributed by atoms with Crippen molar-refractivity contribution in [2.24, 2.45) is 0 Å². The van der Waals surface area contributed by atoms with Crippen LogP contribution in [0.3, 0.4) is 0 Å². The average molecular weight is 244 g/mol. The van der Waals surface area contributed by atoms with Crippen molar-refractivity contribution in [3.8, 4) is 0 Å². The Morgan fingerprint density at radius 2 is 1.18 bits per heavy atom. The first-order chi connectivity index (χ1) is 8.06. The van der Waals surface area contributed by atoms with Crippen LogP contribution in [0, 0.1) is 0 Å². The lowest BCUT2D eigenvalue weighted by Crippen LogP contribution is -2.16. The number of unbranched alkanes of at least 4 members (excludes halogenated alkanes) is 2. The molecule has 0 aromatic carbocycles. The van der Waals surface area contributed by atoms with Crippen molar-refractivity contribution in [1.82, 2.24) is 9.80 Å². The molecule has 0 radical (unpaired) electrons. The first-order valence-corrected chi connectivity index (χ1v) is 6.88. The molecule has 0 rings (SSSR count). The van der Waals surface area contributed by atoms with E-state index in [0.29, 0.717) is 6.10 Å². The minimum atomic E-state index is 0.472. The molecule has 0 unspecified atom stereocenters. The van der Waals surface area contributed by atoms with Crippen LogP contribution in [0.2, 0.25) is 0 Å². The van der Waals surface area contributed by atoms with E-state index < -0.39 is 0 Å². The van der Waals surface area contributed by atoms with Crippen molar-refractivity contribution in [3.63, 3.8) is 0 Å². The van der Waals surface area contributed by atoms with E-state index in [9.17, 15) is 0 Å². The van der Waals surface area contributed by atoms with Crippen LogP contribution in [-0.2, 0) is 4.74 Å². The van der Waals surface area contributed by atoms with Crippen LogP contribution in [0.15, 0.2) is 0 Å². The van der Waals surface area contributed by atoms with Crippen LogP contribution < -0.4 is 0 Å². The average Bonchev–Trinajstić information content (AvgIpc) is 2.26. The van der Waals surface area contributed by atoms with Crippen molar-refractivity contribution < 1.29 is 4.74 Å². The first-order valence-electron chi connectivity index (χ1n) is 6.88. The second kappa shape index (κ2) is 11.0. The van der Waals surface area contributed by atoms with Gasteiger partial charge >= 0.3 is 0 Å². The molecule has 104 valence electrons. The highest BCUT2D eigenvalue weighted by Crippen LogP contribution is 2.12. The Labute approximate surface area is 108 Å². The van der Waals surface area contributed by atoms with Gasteiger partial charge < -0.3 is 14.5 Å². The Balaban J connectivity index is 3.42. The smallest absolute Gasteiger partial charge is 0.0571 e. The number of ether oxygens (including phenoxy) is 1. The standard InChI is InChI=1S/C14H32N2O/c1-15(2)12-8-6-10-14(17-5)11-7-9-13-16(3)4/h14H,6-13H2,1-5H3. The summed E-state index contributed by atoms with van der Waals surface area (Å²) in [6.45, 7) is 2.38. The molecule has 0 aromatic heterocycles. The third-order valence-electron chi connectivity index (χ3n) is 3.10. The third-order valence-corrected chi connectivity index (χ3v) is 3.10. The molecule has 0 spiro atoms. The summed E-state index contributed by atoms with van der Waals surface area (Å²) in [6.07, 6.45) is 8.03. The van der Waals surface area contributed by atoms with Gasteiger partial charge in [-0.3, -0.25) is 0 Å². The van der Waals surface area contributed by atoms with Gasteiger partial charge in [-0.1, -0.05) is 0 Å². The molecule has 0 atom stereocenters. The normalized spacial score (nSPS) is 12.0. The summed E-state index contributed by atoms with van der Waals surface area (Å²) in [5.74, 6) is 0. The van der Waals surface area contributed by atoms with Gasteiger partial charge in [-0.25, -0.2) is 0 Å². The van der Waals surface area contributed by atoms with Gasteiger partial charge in [-0.2, -0.15) is 0 Å². The van der Waals surface area contributed by atoms with Gasteiger partial charge in [0.15, 0.2) is 0 Å². The van der Waals surface area contributed by atoms with Gasteiger partial charge in [-0.15, -0.1) is 0 Å². The van der Waals surface area contributed by atoms with Crippen LogP contribution >= 0.6 is 0 Å². The Morgan fingerprint density at radius 1 is 0.765 bits per heavy atom. The van der Waals surface area contributed by atoms with E-state index in [4.69, 9.17) is 4.74 Å². The minimum absolute atomic E-state index is 0.472. The Morgan fingerprint density at radius 3 is 1.47 bits per heavy atom. The molecule has 0 aliphatic rings. The summed E-state index contributed by atoms with van der Waals surface area (Å²) >= 11 is 0. The highest BCUT2D eigenvalue weighted by Gasteiger charge is 2.06. The Hall–Kier alpha value is -0.120. The zero-order valence-corrected chi connectivity index (χ0v) is 12.5. The number of methoxy groups -OCH3 is 1. The molecular formula is C14H32N2O. The molecule has 0 amide bonds. The van der Waals surface area contributed by atoms with E-state index in [1.54, 1.807) is 0 Å². The molecule has 0 aromatic rings. The van der Waals surface area contributed by atoms with Crippen LogP contribution in [0.4, 0.5) is 0 Å². The second-order valence-corrected chi connectivity index (χ2v) is 5.46. The van der Waals surface area contributed by atoms with Crippen LogP contribution in [-0.4, -0.2) is 64.3 Å². The maximum atomic E-state index is 5.54. The van der Waals surface area contributed by atoms with E-state index in [0.717, 1.165) is 0 Å². The van der Waals surface area contributed by atoms with Crippen LogP contribution in [0.1, 0.15) is 38.5 Å². The van der Waals surface area contributed by atoms with E-state index in [2.05, 4.69) is 38.0 Å². The van der Waals surface area contributed by atoms with Crippen molar-refractivity contribution >= 4 is 0 Å². The zero-order valence-electron chi connectivity index (χ0n) is 12.5. The highest BCUT2D eigenvalue weighted by atomic mass is 16.5. The second-order valence-electron chi connectivity index (χ2n) is 5.46. The molecule has 0 aliphatic carbocycles. The lowest BCUT2D eigenvalue weighted by molar-refractivity contribution is 0.0825. The fraction of sp³-hybridized carbons (Fsp3) is 1.00. The quantitative estimate of drug-likeness (QED) is 0.519. The molecule has 0 saturated carbocycles. The van der Waals surface area contributed by atoms with E-state index >= 15 is 0 Å². The maximum absolute atomic E-state index is 5.54. The fourth-order valence-corrected chi connectivity index (χ4v) is 1.98. The summed E-state index contributed by atoms with van der Waals surface area (Å²) in [7, 11) is 10.4. The van der Waals surface area contributed by atoms with Gasteiger partial charge in [-0.05, 0) is 79.8 Å². The highest BCUT2D eigenvalue weighted by molar-refractivity contribution is 4.60. The fourth-order valence-electron chi connectivity index (χ4n) is 1.98. The lowest BCUT2D eigenvalue weighted by atomic mass is 10.1. The predicted molar refractivity (Wildman–Crippen MR) is 75.6 cm³/mol. The number of hydrogen-bond donors (Lipinski definition) is 0. The van der Waals surface area contributed by atoms with Crippen LogP contribution in [0.25, 0.3) is 0 Å². The predicted octanol–water partition coefficient (Wildman–Crippen LogP) is 2.47. The van der Waals surface area contributed by atoms with Gasteiger partial charge in [0.05, 0.1) is 6.10 Å². The molecule has 0 fully saturated rings. The van der Waals surface area contributed by atoms with Gasteiger partial charge in [0.25, 0.3) is 0 Å². The van der Waals surface area contributed by atoms with E-state index in [-0.39, 0.29) is 0 Å². The largest absolute Gasteiger partial charge is 0.381 e. The summed E-state index contributed by atoms with van der Waals surface area (Å²) in [5, 5.41) is 0. The number of nitrogens with zero attached hydrogens (tertiary/aromatic N) is 2. The van der Waals surface area contributed by atoms with Crippen molar-refractivity contribution in [2.75, 3.05) is 48.4 Å². The minimum Gasteiger partial charge on any atom is -0.381 e. The van der Waals surface area contributed by atoms with Gasteiger partial charge in [0, 0.05) is 7.11 Å². The molecule has 0 saturated heterocycles. The number of hydrogen-bond acceptors (Lipinski definition) is 3. The summed E-state index contributed by atoms with van der Waals surface area (Å²) in [6, 6.07) is 0. The molecule has 0 N–H and O–H groups in total. The first kappa shape index (κ1) is 16.9. The zero-order chi connectivity index (χ0) is 13.1. The summed E-state index contributed by atoms with van der Waals surface area (Å²) < 4.78 is 5.54. The number of rotatable bonds is 11. The lowest BCUT2D eigenvalue weighted by Gasteiger charge is -2.16.